The number of carboxylic acids is 1. The van der Waals surface area contributed by atoms with Crippen LogP contribution >= 0.6 is 0 Å². The summed E-state index contributed by atoms with van der Waals surface area (Å²) in [6.45, 7) is 3.30. The summed E-state index contributed by atoms with van der Waals surface area (Å²) in [5, 5.41) is 9.64. The van der Waals surface area contributed by atoms with Crippen LogP contribution in [0.4, 0.5) is 4.39 Å². The van der Waals surface area contributed by atoms with Crippen LogP contribution in [0.15, 0.2) is 24.3 Å². The SMILES string of the molecule is CCOC(=O)C(CC(C)OC)(C(=O)O)c1ccc(F)cc1. The zero-order valence-corrected chi connectivity index (χ0v) is 12.3. The molecule has 1 rings (SSSR count). The molecule has 21 heavy (non-hydrogen) atoms. The number of rotatable bonds is 7. The van der Waals surface area contributed by atoms with Crippen LogP contribution in [0.1, 0.15) is 25.8 Å². The van der Waals surface area contributed by atoms with Gasteiger partial charge in [0.1, 0.15) is 5.82 Å². The largest absolute Gasteiger partial charge is 0.480 e. The normalized spacial score (nSPS) is 15.0. The van der Waals surface area contributed by atoms with Crippen molar-refractivity contribution < 1.29 is 28.6 Å². The molecular formula is C15H19FO5. The Labute approximate surface area is 122 Å². The average Bonchev–Trinajstić information content (AvgIpc) is 2.45. The van der Waals surface area contributed by atoms with E-state index in [-0.39, 0.29) is 18.6 Å². The summed E-state index contributed by atoms with van der Waals surface area (Å²) in [5.74, 6) is -2.74. The van der Waals surface area contributed by atoms with Gasteiger partial charge in [-0.2, -0.15) is 0 Å². The molecular weight excluding hydrogens is 279 g/mol. The van der Waals surface area contributed by atoms with Crippen LogP contribution in [0.3, 0.4) is 0 Å². The maximum atomic E-state index is 13.1. The number of methoxy groups -OCH3 is 1. The number of esters is 1. The Morgan fingerprint density at radius 2 is 1.90 bits per heavy atom. The Kier molecular flexibility index (Phi) is 5.84. The molecule has 2 atom stereocenters. The molecule has 0 aliphatic rings. The summed E-state index contributed by atoms with van der Waals surface area (Å²) >= 11 is 0. The quantitative estimate of drug-likeness (QED) is 0.616. The monoisotopic (exact) mass is 298 g/mol. The zero-order valence-electron chi connectivity index (χ0n) is 12.3. The third kappa shape index (κ3) is 3.58. The standard InChI is InChI=1S/C15H19FO5/c1-4-21-14(19)15(13(17)18,9-10(2)20-3)11-5-7-12(16)8-6-11/h5-8,10H,4,9H2,1-3H3,(H,17,18). The van der Waals surface area contributed by atoms with E-state index >= 15 is 0 Å². The molecule has 6 heteroatoms. The molecule has 0 heterocycles. The summed E-state index contributed by atoms with van der Waals surface area (Å²) in [6.07, 6.45) is -0.598. The molecule has 0 fully saturated rings. The lowest BCUT2D eigenvalue weighted by Gasteiger charge is -2.29. The van der Waals surface area contributed by atoms with Gasteiger partial charge in [0.15, 0.2) is 5.41 Å². The molecule has 1 N–H and O–H groups in total. The number of benzene rings is 1. The fourth-order valence-electron chi connectivity index (χ4n) is 2.12. The fourth-order valence-corrected chi connectivity index (χ4v) is 2.12. The minimum absolute atomic E-state index is 0.0520. The predicted molar refractivity (Wildman–Crippen MR) is 73.4 cm³/mol. The number of carbonyl (C=O) groups is 2. The molecule has 116 valence electrons. The van der Waals surface area contributed by atoms with Gasteiger partial charge in [0.05, 0.1) is 12.7 Å². The van der Waals surface area contributed by atoms with Crippen LogP contribution in [-0.4, -0.2) is 36.9 Å². The summed E-state index contributed by atoms with van der Waals surface area (Å²) in [5.41, 5.74) is -1.75. The Bertz CT molecular complexity index is 499. The van der Waals surface area contributed by atoms with Crippen molar-refractivity contribution in [1.82, 2.24) is 0 Å². The van der Waals surface area contributed by atoms with Gasteiger partial charge in [-0.05, 0) is 31.5 Å². The number of carbonyl (C=O) groups excluding carboxylic acids is 1. The van der Waals surface area contributed by atoms with E-state index in [2.05, 4.69) is 0 Å². The van der Waals surface area contributed by atoms with Gasteiger partial charge in [0.25, 0.3) is 0 Å². The first-order valence-electron chi connectivity index (χ1n) is 6.58. The summed E-state index contributed by atoms with van der Waals surface area (Å²) in [6, 6.07) is 4.79. The molecule has 0 amide bonds. The molecule has 0 spiro atoms. The van der Waals surface area contributed by atoms with Crippen molar-refractivity contribution in [2.75, 3.05) is 13.7 Å². The minimum atomic E-state index is -1.92. The fraction of sp³-hybridized carbons (Fsp3) is 0.467. The van der Waals surface area contributed by atoms with Gasteiger partial charge in [-0.1, -0.05) is 12.1 Å². The van der Waals surface area contributed by atoms with Crippen molar-refractivity contribution in [2.24, 2.45) is 0 Å². The van der Waals surface area contributed by atoms with Gasteiger partial charge in [-0.3, -0.25) is 9.59 Å². The van der Waals surface area contributed by atoms with Crippen molar-refractivity contribution in [3.8, 4) is 0 Å². The molecule has 0 saturated heterocycles. The minimum Gasteiger partial charge on any atom is -0.480 e. The molecule has 0 saturated carbocycles. The van der Waals surface area contributed by atoms with Gasteiger partial charge in [0.2, 0.25) is 0 Å². The molecule has 0 aromatic heterocycles. The molecule has 1 aromatic carbocycles. The van der Waals surface area contributed by atoms with Crippen LogP contribution < -0.4 is 0 Å². The van der Waals surface area contributed by atoms with Crippen LogP contribution in [0, 0.1) is 5.82 Å². The first-order valence-corrected chi connectivity index (χ1v) is 6.58. The molecule has 0 radical (unpaired) electrons. The van der Waals surface area contributed by atoms with E-state index in [1.54, 1.807) is 13.8 Å². The number of hydrogen-bond donors (Lipinski definition) is 1. The maximum absolute atomic E-state index is 13.1. The third-order valence-corrected chi connectivity index (χ3v) is 3.32. The second kappa shape index (κ2) is 7.17. The number of aliphatic carboxylic acids is 1. The highest BCUT2D eigenvalue weighted by Gasteiger charge is 2.50. The first kappa shape index (κ1) is 17.1. The van der Waals surface area contributed by atoms with E-state index in [0.717, 1.165) is 12.1 Å². The van der Waals surface area contributed by atoms with Gasteiger partial charge < -0.3 is 14.6 Å². The van der Waals surface area contributed by atoms with Crippen LogP contribution in [0.25, 0.3) is 0 Å². The van der Waals surface area contributed by atoms with E-state index < -0.39 is 29.3 Å². The number of carboxylic acid groups (broad SMARTS) is 1. The van der Waals surface area contributed by atoms with Crippen molar-refractivity contribution >= 4 is 11.9 Å². The van der Waals surface area contributed by atoms with Gasteiger partial charge in [0, 0.05) is 13.5 Å². The topological polar surface area (TPSA) is 72.8 Å². The highest BCUT2D eigenvalue weighted by atomic mass is 19.1. The number of halogens is 1. The Morgan fingerprint density at radius 3 is 2.33 bits per heavy atom. The van der Waals surface area contributed by atoms with Crippen molar-refractivity contribution in [1.29, 1.82) is 0 Å². The maximum Gasteiger partial charge on any atom is 0.328 e. The van der Waals surface area contributed by atoms with Crippen LogP contribution in [0.2, 0.25) is 0 Å². The van der Waals surface area contributed by atoms with Crippen molar-refractivity contribution in [2.45, 2.75) is 31.8 Å². The molecule has 1 aromatic rings. The Morgan fingerprint density at radius 1 is 1.33 bits per heavy atom. The van der Waals surface area contributed by atoms with E-state index in [1.807, 2.05) is 0 Å². The molecule has 5 nitrogen and oxygen atoms in total. The molecule has 0 aliphatic carbocycles. The van der Waals surface area contributed by atoms with E-state index in [1.165, 1.54) is 19.2 Å². The van der Waals surface area contributed by atoms with Crippen LogP contribution in [-0.2, 0) is 24.5 Å². The number of hydrogen-bond acceptors (Lipinski definition) is 4. The smallest absolute Gasteiger partial charge is 0.328 e. The van der Waals surface area contributed by atoms with Crippen molar-refractivity contribution in [3.63, 3.8) is 0 Å². The van der Waals surface area contributed by atoms with E-state index in [0.29, 0.717) is 0 Å². The Hall–Kier alpha value is -1.95. The van der Waals surface area contributed by atoms with Gasteiger partial charge in [-0.15, -0.1) is 0 Å². The molecule has 2 unspecified atom stereocenters. The lowest BCUT2D eigenvalue weighted by atomic mass is 9.76. The lowest BCUT2D eigenvalue weighted by molar-refractivity contribution is -0.163. The predicted octanol–water partition coefficient (Wildman–Crippen LogP) is 2.14. The van der Waals surface area contributed by atoms with Gasteiger partial charge >= 0.3 is 11.9 Å². The average molecular weight is 298 g/mol. The lowest BCUT2D eigenvalue weighted by Crippen LogP contribution is -2.47. The summed E-state index contributed by atoms with van der Waals surface area (Å²) in [4.78, 5) is 24.1. The highest BCUT2D eigenvalue weighted by molar-refractivity contribution is 6.05. The van der Waals surface area contributed by atoms with Crippen molar-refractivity contribution in [3.05, 3.63) is 35.6 Å². The van der Waals surface area contributed by atoms with Gasteiger partial charge in [-0.25, -0.2) is 4.39 Å². The summed E-state index contributed by atoms with van der Waals surface area (Å²) < 4.78 is 23.1. The summed E-state index contributed by atoms with van der Waals surface area (Å²) in [7, 11) is 1.42. The second-order valence-corrected chi connectivity index (χ2v) is 4.69. The third-order valence-electron chi connectivity index (χ3n) is 3.32. The zero-order chi connectivity index (χ0) is 16.0. The van der Waals surface area contributed by atoms with Crippen LogP contribution in [0.5, 0.6) is 0 Å². The Balaban J connectivity index is 3.39. The second-order valence-electron chi connectivity index (χ2n) is 4.69. The molecule has 0 bridgehead atoms. The highest BCUT2D eigenvalue weighted by Crippen LogP contribution is 2.32. The van der Waals surface area contributed by atoms with E-state index in [9.17, 15) is 19.1 Å². The molecule has 0 aliphatic heterocycles. The van der Waals surface area contributed by atoms with E-state index in [4.69, 9.17) is 9.47 Å². The first-order chi connectivity index (χ1) is 9.88. The number of ether oxygens (including phenoxy) is 2.